The van der Waals surface area contributed by atoms with E-state index in [9.17, 15) is 0 Å². The predicted octanol–water partition coefficient (Wildman–Crippen LogP) is 3.85. The lowest BCUT2D eigenvalue weighted by molar-refractivity contribution is 1.21. The molecule has 0 aliphatic heterocycles. The van der Waals surface area contributed by atoms with Crippen LogP contribution < -0.4 is 5.32 Å². The molecule has 1 aromatic heterocycles. The number of hydrogen-bond donors (Lipinski definition) is 1. The van der Waals surface area contributed by atoms with Crippen LogP contribution in [0.15, 0.2) is 41.8 Å². The molecule has 0 aliphatic rings. The van der Waals surface area contributed by atoms with Crippen LogP contribution in [0.1, 0.15) is 6.92 Å². The van der Waals surface area contributed by atoms with Gasteiger partial charge in [-0.3, -0.25) is 0 Å². The van der Waals surface area contributed by atoms with Crippen molar-refractivity contribution in [3.8, 4) is 10.4 Å². The van der Waals surface area contributed by atoms with E-state index in [0.717, 1.165) is 6.54 Å². The molecule has 2 aromatic rings. The van der Waals surface area contributed by atoms with Crippen LogP contribution in [-0.2, 0) is 0 Å². The van der Waals surface area contributed by atoms with Gasteiger partial charge >= 0.3 is 0 Å². The third-order valence-electron chi connectivity index (χ3n) is 2.05. The maximum Gasteiger partial charge on any atom is 0.0346 e. The zero-order chi connectivity index (χ0) is 9.80. The van der Waals surface area contributed by atoms with E-state index in [1.807, 2.05) is 0 Å². The van der Waals surface area contributed by atoms with E-state index in [1.54, 1.807) is 11.3 Å². The summed E-state index contributed by atoms with van der Waals surface area (Å²) in [6.45, 7) is 3.08. The van der Waals surface area contributed by atoms with Crippen LogP contribution in [0.25, 0.3) is 10.4 Å². The van der Waals surface area contributed by atoms with Gasteiger partial charge in [0.2, 0.25) is 0 Å². The Morgan fingerprint density at radius 2 is 2.14 bits per heavy atom. The van der Waals surface area contributed by atoms with Gasteiger partial charge in [-0.2, -0.15) is 0 Å². The summed E-state index contributed by atoms with van der Waals surface area (Å²) in [7, 11) is 0. The van der Waals surface area contributed by atoms with Crippen LogP contribution in [0.2, 0.25) is 0 Å². The minimum atomic E-state index is 0.966. The first-order valence-electron chi connectivity index (χ1n) is 4.78. The summed E-state index contributed by atoms with van der Waals surface area (Å²) < 4.78 is 0. The molecule has 1 nitrogen and oxygen atoms in total. The zero-order valence-corrected chi connectivity index (χ0v) is 8.97. The van der Waals surface area contributed by atoms with Gasteiger partial charge in [-0.1, -0.05) is 18.2 Å². The van der Waals surface area contributed by atoms with E-state index in [-0.39, 0.29) is 0 Å². The van der Waals surface area contributed by atoms with Gasteiger partial charge in [0.25, 0.3) is 0 Å². The van der Waals surface area contributed by atoms with Crippen LogP contribution >= 0.6 is 11.3 Å². The van der Waals surface area contributed by atoms with Gasteiger partial charge in [0.15, 0.2) is 0 Å². The molecule has 0 atom stereocenters. The van der Waals surface area contributed by atoms with Gasteiger partial charge in [0.05, 0.1) is 0 Å². The van der Waals surface area contributed by atoms with Gasteiger partial charge < -0.3 is 5.32 Å². The standard InChI is InChI=1S/C12H13NS/c1-2-13-11-6-3-5-10(9-11)12-7-4-8-14-12/h3-9,13H,2H2,1H3. The normalized spacial score (nSPS) is 10.1. The average Bonchev–Trinajstić information content (AvgIpc) is 2.71. The zero-order valence-electron chi connectivity index (χ0n) is 8.16. The van der Waals surface area contributed by atoms with E-state index < -0.39 is 0 Å². The fourth-order valence-corrected chi connectivity index (χ4v) is 2.15. The second-order valence-corrected chi connectivity index (χ2v) is 4.04. The third kappa shape index (κ3) is 1.96. The summed E-state index contributed by atoms with van der Waals surface area (Å²) in [6.07, 6.45) is 0. The highest BCUT2D eigenvalue weighted by Gasteiger charge is 1.98. The molecule has 0 unspecified atom stereocenters. The lowest BCUT2D eigenvalue weighted by atomic mass is 10.1. The Kier molecular flexibility index (Phi) is 2.84. The largest absolute Gasteiger partial charge is 0.385 e. The van der Waals surface area contributed by atoms with Crippen LogP contribution in [0, 0.1) is 0 Å². The van der Waals surface area contributed by atoms with Crippen molar-refractivity contribution in [2.75, 3.05) is 11.9 Å². The number of rotatable bonds is 3. The van der Waals surface area contributed by atoms with Gasteiger partial charge in [0, 0.05) is 17.1 Å². The summed E-state index contributed by atoms with van der Waals surface area (Å²) in [6, 6.07) is 12.8. The van der Waals surface area contributed by atoms with E-state index in [1.165, 1.54) is 16.1 Å². The molecule has 0 saturated heterocycles. The predicted molar refractivity (Wildman–Crippen MR) is 63.9 cm³/mol. The molecule has 1 N–H and O–H groups in total. The monoisotopic (exact) mass is 203 g/mol. The van der Waals surface area contributed by atoms with Gasteiger partial charge in [0.1, 0.15) is 0 Å². The second-order valence-electron chi connectivity index (χ2n) is 3.09. The summed E-state index contributed by atoms with van der Waals surface area (Å²) in [5.41, 5.74) is 2.48. The minimum Gasteiger partial charge on any atom is -0.385 e. The highest BCUT2D eigenvalue weighted by atomic mass is 32.1. The van der Waals surface area contributed by atoms with Crippen molar-refractivity contribution in [1.29, 1.82) is 0 Å². The summed E-state index contributed by atoms with van der Waals surface area (Å²) >= 11 is 1.78. The SMILES string of the molecule is CCNc1cccc(-c2cccs2)c1. The fraction of sp³-hybridized carbons (Fsp3) is 0.167. The summed E-state index contributed by atoms with van der Waals surface area (Å²) in [4.78, 5) is 1.32. The Bertz CT molecular complexity index is 392. The molecule has 0 amide bonds. The molecule has 0 saturated carbocycles. The van der Waals surface area contributed by atoms with Crippen LogP contribution in [0.4, 0.5) is 5.69 Å². The van der Waals surface area contributed by atoms with Crippen LogP contribution in [0.3, 0.4) is 0 Å². The Morgan fingerprint density at radius 1 is 1.21 bits per heavy atom. The summed E-state index contributed by atoms with van der Waals surface area (Å²) in [5, 5.41) is 5.42. The lowest BCUT2D eigenvalue weighted by Gasteiger charge is -2.04. The number of nitrogens with one attached hydrogen (secondary N) is 1. The van der Waals surface area contributed by atoms with Gasteiger partial charge in [-0.25, -0.2) is 0 Å². The third-order valence-corrected chi connectivity index (χ3v) is 2.97. The number of thiophene rings is 1. The molecule has 1 heterocycles. The molecule has 0 aliphatic carbocycles. The van der Waals surface area contributed by atoms with E-state index in [4.69, 9.17) is 0 Å². The molecular formula is C12H13NS. The maximum atomic E-state index is 3.31. The Labute approximate surface area is 88.4 Å². The Balaban J connectivity index is 2.31. The first-order valence-corrected chi connectivity index (χ1v) is 5.66. The van der Waals surface area contributed by atoms with Crippen molar-refractivity contribution in [1.82, 2.24) is 0 Å². The molecule has 2 heteroatoms. The molecule has 0 spiro atoms. The highest BCUT2D eigenvalue weighted by Crippen LogP contribution is 2.26. The molecule has 1 aromatic carbocycles. The number of benzene rings is 1. The minimum absolute atomic E-state index is 0.966. The van der Waals surface area contributed by atoms with E-state index in [2.05, 4.69) is 54.0 Å². The van der Waals surface area contributed by atoms with Crippen LogP contribution in [-0.4, -0.2) is 6.54 Å². The summed E-state index contributed by atoms with van der Waals surface area (Å²) in [5.74, 6) is 0. The molecular weight excluding hydrogens is 190 g/mol. The van der Waals surface area contributed by atoms with Crippen molar-refractivity contribution in [3.63, 3.8) is 0 Å². The smallest absolute Gasteiger partial charge is 0.0346 e. The van der Waals surface area contributed by atoms with Crippen molar-refractivity contribution in [3.05, 3.63) is 41.8 Å². The molecule has 72 valence electrons. The lowest BCUT2D eigenvalue weighted by Crippen LogP contribution is -1.95. The molecule has 0 radical (unpaired) electrons. The van der Waals surface area contributed by atoms with Crippen molar-refractivity contribution >= 4 is 17.0 Å². The molecule has 2 rings (SSSR count). The quantitative estimate of drug-likeness (QED) is 0.799. The average molecular weight is 203 g/mol. The Morgan fingerprint density at radius 3 is 2.86 bits per heavy atom. The number of hydrogen-bond acceptors (Lipinski definition) is 2. The van der Waals surface area contributed by atoms with E-state index in [0.29, 0.717) is 0 Å². The Hall–Kier alpha value is -1.28. The van der Waals surface area contributed by atoms with Crippen LogP contribution in [0.5, 0.6) is 0 Å². The van der Waals surface area contributed by atoms with Crippen molar-refractivity contribution < 1.29 is 0 Å². The highest BCUT2D eigenvalue weighted by molar-refractivity contribution is 7.13. The van der Waals surface area contributed by atoms with Gasteiger partial charge in [-0.15, -0.1) is 11.3 Å². The molecule has 14 heavy (non-hydrogen) atoms. The first-order chi connectivity index (χ1) is 6.90. The van der Waals surface area contributed by atoms with Crippen molar-refractivity contribution in [2.24, 2.45) is 0 Å². The second kappa shape index (κ2) is 4.29. The first kappa shape index (κ1) is 9.28. The molecule has 0 bridgehead atoms. The van der Waals surface area contributed by atoms with E-state index >= 15 is 0 Å². The molecule has 0 fully saturated rings. The fourth-order valence-electron chi connectivity index (χ4n) is 1.43. The maximum absolute atomic E-state index is 3.31. The topological polar surface area (TPSA) is 12.0 Å². The number of anilines is 1. The van der Waals surface area contributed by atoms with Gasteiger partial charge in [-0.05, 0) is 36.1 Å². The van der Waals surface area contributed by atoms with Crippen molar-refractivity contribution in [2.45, 2.75) is 6.92 Å².